The molecule has 3 heteroatoms. The van der Waals surface area contributed by atoms with Gasteiger partial charge in [0.15, 0.2) is 0 Å². The maximum absolute atomic E-state index is 12.2. The van der Waals surface area contributed by atoms with E-state index in [1.807, 2.05) is 0 Å². The summed E-state index contributed by atoms with van der Waals surface area (Å²) in [5, 5.41) is 6.60. The largest absolute Gasteiger partial charge is 0.353 e. The van der Waals surface area contributed by atoms with Crippen molar-refractivity contribution in [3.8, 4) is 0 Å². The van der Waals surface area contributed by atoms with Crippen LogP contribution in [0.2, 0.25) is 0 Å². The van der Waals surface area contributed by atoms with Crippen molar-refractivity contribution >= 4 is 5.91 Å². The monoisotopic (exact) mass is 238 g/mol. The Morgan fingerprint density at radius 2 is 2.00 bits per heavy atom. The van der Waals surface area contributed by atoms with Gasteiger partial charge in [-0.2, -0.15) is 0 Å². The Labute approximate surface area is 105 Å². The van der Waals surface area contributed by atoms with Crippen molar-refractivity contribution in [2.24, 2.45) is 17.8 Å². The van der Waals surface area contributed by atoms with Crippen molar-refractivity contribution < 1.29 is 4.79 Å². The summed E-state index contributed by atoms with van der Waals surface area (Å²) in [4.78, 5) is 12.2. The summed E-state index contributed by atoms with van der Waals surface area (Å²) in [6, 6.07) is 0.410. The maximum atomic E-state index is 12.2. The summed E-state index contributed by atoms with van der Waals surface area (Å²) in [5.74, 6) is 1.86. The molecule has 3 nitrogen and oxygen atoms in total. The molecule has 0 radical (unpaired) electrons. The molecular weight excluding hydrogens is 212 g/mol. The van der Waals surface area contributed by atoms with Gasteiger partial charge in [0.2, 0.25) is 5.91 Å². The Morgan fingerprint density at radius 3 is 2.71 bits per heavy atom. The summed E-state index contributed by atoms with van der Waals surface area (Å²) < 4.78 is 0. The number of hydrogen-bond donors (Lipinski definition) is 2. The third-order valence-corrected chi connectivity index (χ3v) is 4.70. The Hall–Kier alpha value is -0.570. The van der Waals surface area contributed by atoms with Gasteiger partial charge in [-0.25, -0.2) is 0 Å². The first kappa shape index (κ1) is 12.9. The lowest BCUT2D eigenvalue weighted by atomic mass is 9.78. The molecule has 98 valence electrons. The van der Waals surface area contributed by atoms with Crippen LogP contribution in [0.4, 0.5) is 0 Å². The highest BCUT2D eigenvalue weighted by atomic mass is 16.2. The SMILES string of the molecule is CC1CCCC(NC(=O)C2CCCNC2)C1C. The summed E-state index contributed by atoms with van der Waals surface area (Å²) in [7, 11) is 0. The standard InChI is InChI=1S/C14H26N2O/c1-10-5-3-7-13(11(10)2)16-14(17)12-6-4-8-15-9-12/h10-13,15H,3-9H2,1-2H3,(H,16,17). The van der Waals surface area contributed by atoms with Crippen LogP contribution in [-0.4, -0.2) is 25.0 Å². The fourth-order valence-electron chi connectivity index (χ4n) is 3.16. The quantitative estimate of drug-likeness (QED) is 0.772. The first-order chi connectivity index (χ1) is 8.18. The van der Waals surface area contributed by atoms with Crippen molar-refractivity contribution in [2.45, 2.75) is 52.0 Å². The lowest BCUT2D eigenvalue weighted by Crippen LogP contribution is -2.48. The molecule has 2 rings (SSSR count). The lowest BCUT2D eigenvalue weighted by molar-refractivity contribution is -0.127. The molecule has 0 aromatic carbocycles. The molecule has 0 spiro atoms. The lowest BCUT2D eigenvalue weighted by Gasteiger charge is -2.35. The molecule has 1 heterocycles. The Bertz CT molecular complexity index is 261. The zero-order valence-corrected chi connectivity index (χ0v) is 11.2. The Kier molecular flexibility index (Phi) is 4.43. The van der Waals surface area contributed by atoms with Crippen LogP contribution >= 0.6 is 0 Å². The van der Waals surface area contributed by atoms with Crippen LogP contribution in [-0.2, 0) is 4.79 Å². The first-order valence-corrected chi connectivity index (χ1v) is 7.19. The van der Waals surface area contributed by atoms with Crippen LogP contribution < -0.4 is 10.6 Å². The second-order valence-electron chi connectivity index (χ2n) is 5.93. The Morgan fingerprint density at radius 1 is 1.18 bits per heavy atom. The average molecular weight is 238 g/mol. The van der Waals surface area contributed by atoms with Gasteiger partial charge in [-0.05, 0) is 37.6 Å². The van der Waals surface area contributed by atoms with E-state index in [1.165, 1.54) is 12.8 Å². The van der Waals surface area contributed by atoms with Gasteiger partial charge in [0, 0.05) is 12.6 Å². The summed E-state index contributed by atoms with van der Waals surface area (Å²) in [6.07, 6.45) is 5.93. The third-order valence-electron chi connectivity index (χ3n) is 4.70. The predicted molar refractivity (Wildman–Crippen MR) is 69.7 cm³/mol. The summed E-state index contributed by atoms with van der Waals surface area (Å²) >= 11 is 0. The van der Waals surface area contributed by atoms with Gasteiger partial charge in [0.05, 0.1) is 5.92 Å². The Balaban J connectivity index is 1.84. The van der Waals surface area contributed by atoms with Gasteiger partial charge < -0.3 is 10.6 Å². The van der Waals surface area contributed by atoms with E-state index in [9.17, 15) is 4.79 Å². The molecule has 2 fully saturated rings. The van der Waals surface area contributed by atoms with Crippen LogP contribution in [0.5, 0.6) is 0 Å². The van der Waals surface area contributed by atoms with E-state index in [0.717, 1.165) is 38.3 Å². The highest BCUT2D eigenvalue weighted by molar-refractivity contribution is 5.79. The normalized spacial score (nSPS) is 38.7. The maximum Gasteiger partial charge on any atom is 0.224 e. The zero-order valence-electron chi connectivity index (χ0n) is 11.2. The molecule has 1 aliphatic carbocycles. The van der Waals surface area contributed by atoms with E-state index in [2.05, 4.69) is 24.5 Å². The average Bonchev–Trinajstić information content (AvgIpc) is 2.36. The smallest absolute Gasteiger partial charge is 0.224 e. The number of nitrogens with one attached hydrogen (secondary N) is 2. The van der Waals surface area contributed by atoms with Crippen LogP contribution in [0.3, 0.4) is 0 Å². The third kappa shape index (κ3) is 3.21. The van der Waals surface area contributed by atoms with Crippen LogP contribution in [0.15, 0.2) is 0 Å². The molecule has 1 aliphatic heterocycles. The molecule has 0 bridgehead atoms. The highest BCUT2D eigenvalue weighted by Gasteiger charge is 2.30. The van der Waals surface area contributed by atoms with Gasteiger partial charge in [-0.15, -0.1) is 0 Å². The minimum absolute atomic E-state index is 0.202. The highest BCUT2D eigenvalue weighted by Crippen LogP contribution is 2.29. The minimum atomic E-state index is 0.202. The molecule has 0 aromatic heterocycles. The van der Waals surface area contributed by atoms with Crippen molar-refractivity contribution in [3.63, 3.8) is 0 Å². The van der Waals surface area contributed by atoms with Crippen molar-refractivity contribution in [1.82, 2.24) is 10.6 Å². The topological polar surface area (TPSA) is 41.1 Å². The molecule has 1 saturated carbocycles. The molecule has 2 aliphatic rings. The molecule has 0 aromatic rings. The van der Waals surface area contributed by atoms with Crippen LogP contribution in [0, 0.1) is 17.8 Å². The second-order valence-corrected chi connectivity index (χ2v) is 5.93. The van der Waals surface area contributed by atoms with E-state index >= 15 is 0 Å². The van der Waals surface area contributed by atoms with Crippen LogP contribution in [0.1, 0.15) is 46.0 Å². The summed E-state index contributed by atoms with van der Waals surface area (Å²) in [6.45, 7) is 6.53. The number of carbonyl (C=O) groups is 1. The van der Waals surface area contributed by atoms with Gasteiger partial charge >= 0.3 is 0 Å². The van der Waals surface area contributed by atoms with E-state index in [0.29, 0.717) is 12.0 Å². The molecule has 1 saturated heterocycles. The number of piperidine rings is 1. The molecule has 1 amide bonds. The van der Waals surface area contributed by atoms with E-state index < -0.39 is 0 Å². The molecular formula is C14H26N2O. The number of hydrogen-bond acceptors (Lipinski definition) is 2. The molecule has 4 atom stereocenters. The molecule has 2 N–H and O–H groups in total. The van der Waals surface area contributed by atoms with Gasteiger partial charge in [-0.1, -0.05) is 26.7 Å². The van der Waals surface area contributed by atoms with Crippen molar-refractivity contribution in [2.75, 3.05) is 13.1 Å². The first-order valence-electron chi connectivity index (χ1n) is 7.19. The van der Waals surface area contributed by atoms with E-state index in [-0.39, 0.29) is 11.8 Å². The van der Waals surface area contributed by atoms with Gasteiger partial charge in [-0.3, -0.25) is 4.79 Å². The van der Waals surface area contributed by atoms with Gasteiger partial charge in [0.1, 0.15) is 0 Å². The zero-order chi connectivity index (χ0) is 12.3. The predicted octanol–water partition coefficient (Wildman–Crippen LogP) is 1.93. The van der Waals surface area contributed by atoms with Crippen LogP contribution in [0.25, 0.3) is 0 Å². The molecule has 17 heavy (non-hydrogen) atoms. The number of rotatable bonds is 2. The minimum Gasteiger partial charge on any atom is -0.353 e. The van der Waals surface area contributed by atoms with E-state index in [1.54, 1.807) is 0 Å². The second kappa shape index (κ2) is 5.85. The summed E-state index contributed by atoms with van der Waals surface area (Å²) in [5.41, 5.74) is 0. The fraction of sp³-hybridized carbons (Fsp3) is 0.929. The van der Waals surface area contributed by atoms with Crippen molar-refractivity contribution in [3.05, 3.63) is 0 Å². The number of amides is 1. The van der Waals surface area contributed by atoms with Crippen molar-refractivity contribution in [1.29, 1.82) is 0 Å². The van der Waals surface area contributed by atoms with E-state index in [4.69, 9.17) is 0 Å². The van der Waals surface area contributed by atoms with Gasteiger partial charge in [0.25, 0.3) is 0 Å². The molecule has 4 unspecified atom stereocenters. The fourth-order valence-corrected chi connectivity index (χ4v) is 3.16. The number of carbonyl (C=O) groups excluding carboxylic acids is 1.